The van der Waals surface area contributed by atoms with E-state index in [4.69, 9.17) is 9.47 Å². The van der Waals surface area contributed by atoms with Crippen molar-refractivity contribution in [3.63, 3.8) is 0 Å². The van der Waals surface area contributed by atoms with Crippen molar-refractivity contribution >= 4 is 17.8 Å². The van der Waals surface area contributed by atoms with Crippen LogP contribution in [0.2, 0.25) is 0 Å². The maximum atomic E-state index is 13.9. The molecule has 0 bridgehead atoms. The van der Waals surface area contributed by atoms with Crippen molar-refractivity contribution in [2.24, 2.45) is 5.16 Å². The highest BCUT2D eigenvalue weighted by atomic mass is 19.1. The fourth-order valence-corrected chi connectivity index (χ4v) is 2.84. The number of rotatable bonds is 7. The highest BCUT2D eigenvalue weighted by Gasteiger charge is 2.22. The summed E-state index contributed by atoms with van der Waals surface area (Å²) < 4.78 is 25.3. The van der Waals surface area contributed by atoms with Crippen molar-refractivity contribution < 1.29 is 23.5 Å². The summed E-state index contributed by atoms with van der Waals surface area (Å²) in [6, 6.07) is 10.1. The molecule has 2 aromatic rings. The number of nitrogens with zero attached hydrogens (tertiary/aromatic N) is 1. The smallest absolute Gasteiger partial charge is 0.367 e. The van der Waals surface area contributed by atoms with E-state index in [0.29, 0.717) is 34.8 Å². The zero-order valence-corrected chi connectivity index (χ0v) is 15.7. The molecule has 0 aliphatic carbocycles. The zero-order chi connectivity index (χ0) is 20.1. The SMILES string of the molecule is C=CCc1cc(/C=C2\C(=O)ON=C2C)cc(OC)c1OCc1ccccc1F. The molecule has 0 saturated carbocycles. The molecule has 28 heavy (non-hydrogen) atoms. The average Bonchev–Trinajstić information content (AvgIpc) is 3.00. The number of carbonyl (C=O) groups excluding carboxylic acids is 1. The Labute approximate surface area is 162 Å². The van der Waals surface area contributed by atoms with Gasteiger partial charge in [-0.1, -0.05) is 29.4 Å². The first-order valence-electron chi connectivity index (χ1n) is 8.69. The van der Waals surface area contributed by atoms with Gasteiger partial charge in [-0.05, 0) is 43.2 Å². The molecule has 0 fully saturated rings. The van der Waals surface area contributed by atoms with Gasteiger partial charge in [0.2, 0.25) is 0 Å². The third-order valence-corrected chi connectivity index (χ3v) is 4.25. The van der Waals surface area contributed by atoms with Crippen LogP contribution in [0.1, 0.15) is 23.6 Å². The van der Waals surface area contributed by atoms with Crippen molar-refractivity contribution in [1.82, 2.24) is 0 Å². The molecule has 144 valence electrons. The van der Waals surface area contributed by atoms with Crippen LogP contribution >= 0.6 is 0 Å². The third-order valence-electron chi connectivity index (χ3n) is 4.25. The molecule has 0 N–H and O–H groups in total. The third kappa shape index (κ3) is 4.11. The monoisotopic (exact) mass is 381 g/mol. The normalized spacial score (nSPS) is 14.6. The fourth-order valence-electron chi connectivity index (χ4n) is 2.84. The minimum absolute atomic E-state index is 0.0612. The Balaban J connectivity index is 1.97. The summed E-state index contributed by atoms with van der Waals surface area (Å²) >= 11 is 0. The van der Waals surface area contributed by atoms with Crippen LogP contribution in [0.4, 0.5) is 4.39 Å². The predicted octanol–water partition coefficient (Wildman–Crippen LogP) is 4.46. The fraction of sp³-hybridized carbons (Fsp3) is 0.182. The van der Waals surface area contributed by atoms with E-state index in [9.17, 15) is 9.18 Å². The molecule has 3 rings (SSSR count). The number of halogens is 1. The van der Waals surface area contributed by atoms with Gasteiger partial charge in [0.15, 0.2) is 11.5 Å². The molecule has 1 heterocycles. The van der Waals surface area contributed by atoms with E-state index in [-0.39, 0.29) is 12.4 Å². The molecular weight excluding hydrogens is 361 g/mol. The lowest BCUT2D eigenvalue weighted by Crippen LogP contribution is -2.04. The van der Waals surface area contributed by atoms with E-state index in [1.807, 2.05) is 6.07 Å². The molecule has 0 aromatic heterocycles. The summed E-state index contributed by atoms with van der Waals surface area (Å²) in [5.41, 5.74) is 2.87. The van der Waals surface area contributed by atoms with Gasteiger partial charge in [0.1, 0.15) is 12.4 Å². The van der Waals surface area contributed by atoms with Gasteiger partial charge in [0.25, 0.3) is 0 Å². The van der Waals surface area contributed by atoms with Gasteiger partial charge in [-0.15, -0.1) is 6.58 Å². The van der Waals surface area contributed by atoms with Crippen LogP contribution in [0, 0.1) is 5.82 Å². The second-order valence-corrected chi connectivity index (χ2v) is 6.20. The van der Waals surface area contributed by atoms with Crippen LogP contribution in [0.15, 0.2) is 59.8 Å². The summed E-state index contributed by atoms with van der Waals surface area (Å²) in [4.78, 5) is 16.5. The Morgan fingerprint density at radius 3 is 2.68 bits per heavy atom. The van der Waals surface area contributed by atoms with Gasteiger partial charge in [-0.25, -0.2) is 9.18 Å². The minimum atomic E-state index is -0.499. The van der Waals surface area contributed by atoms with E-state index in [2.05, 4.69) is 16.6 Å². The molecule has 6 heteroatoms. The van der Waals surface area contributed by atoms with Crippen LogP contribution in [0.3, 0.4) is 0 Å². The molecule has 0 unspecified atom stereocenters. The van der Waals surface area contributed by atoms with E-state index >= 15 is 0 Å². The molecule has 0 atom stereocenters. The minimum Gasteiger partial charge on any atom is -0.493 e. The number of ether oxygens (including phenoxy) is 2. The molecule has 0 amide bonds. The maximum absolute atomic E-state index is 13.9. The van der Waals surface area contributed by atoms with Crippen LogP contribution in [-0.4, -0.2) is 18.8 Å². The first kappa shape index (κ1) is 19.4. The van der Waals surface area contributed by atoms with E-state index in [1.54, 1.807) is 43.3 Å². The molecule has 2 aromatic carbocycles. The summed E-state index contributed by atoms with van der Waals surface area (Å²) in [7, 11) is 1.52. The summed E-state index contributed by atoms with van der Waals surface area (Å²) in [6.45, 7) is 5.54. The number of carbonyl (C=O) groups is 1. The Hall–Kier alpha value is -3.41. The topological polar surface area (TPSA) is 57.1 Å². The quantitative estimate of drug-likeness (QED) is 0.404. The van der Waals surface area contributed by atoms with E-state index in [1.165, 1.54) is 13.2 Å². The highest BCUT2D eigenvalue weighted by Crippen LogP contribution is 2.35. The summed E-state index contributed by atoms with van der Waals surface area (Å²) in [5.74, 6) is 0.153. The van der Waals surface area contributed by atoms with Gasteiger partial charge >= 0.3 is 5.97 Å². The highest BCUT2D eigenvalue weighted by molar-refractivity contribution is 6.24. The van der Waals surface area contributed by atoms with Crippen molar-refractivity contribution in [3.05, 3.63) is 77.1 Å². The molecule has 0 saturated heterocycles. The first-order chi connectivity index (χ1) is 13.5. The average molecular weight is 381 g/mol. The number of benzene rings is 2. The lowest BCUT2D eigenvalue weighted by molar-refractivity contribution is -0.136. The predicted molar refractivity (Wildman–Crippen MR) is 105 cm³/mol. The second-order valence-electron chi connectivity index (χ2n) is 6.20. The van der Waals surface area contributed by atoms with Gasteiger partial charge in [0, 0.05) is 11.1 Å². The van der Waals surface area contributed by atoms with Gasteiger partial charge in [-0.2, -0.15) is 0 Å². The van der Waals surface area contributed by atoms with Crippen LogP contribution < -0.4 is 9.47 Å². The molecule has 0 spiro atoms. The van der Waals surface area contributed by atoms with Crippen molar-refractivity contribution in [2.45, 2.75) is 20.0 Å². The van der Waals surface area contributed by atoms with Gasteiger partial charge in [-0.3, -0.25) is 0 Å². The Morgan fingerprint density at radius 2 is 2.04 bits per heavy atom. The molecule has 1 aliphatic heterocycles. The molecule has 1 aliphatic rings. The lowest BCUT2D eigenvalue weighted by atomic mass is 10.0. The number of methoxy groups -OCH3 is 1. The maximum Gasteiger partial charge on any atom is 0.367 e. The van der Waals surface area contributed by atoms with Crippen molar-refractivity contribution in [2.75, 3.05) is 7.11 Å². The molecular formula is C22H20FNO4. The largest absolute Gasteiger partial charge is 0.493 e. The van der Waals surface area contributed by atoms with E-state index < -0.39 is 5.97 Å². The van der Waals surface area contributed by atoms with Crippen molar-refractivity contribution in [3.8, 4) is 11.5 Å². The molecule has 5 nitrogen and oxygen atoms in total. The number of hydrogen-bond acceptors (Lipinski definition) is 5. The zero-order valence-electron chi connectivity index (χ0n) is 15.7. The number of allylic oxidation sites excluding steroid dienone is 1. The Bertz CT molecular complexity index is 978. The number of hydrogen-bond donors (Lipinski definition) is 0. The van der Waals surface area contributed by atoms with Gasteiger partial charge < -0.3 is 14.3 Å². The summed E-state index contributed by atoms with van der Waals surface area (Å²) in [5, 5.41) is 3.68. The van der Waals surface area contributed by atoms with Gasteiger partial charge in [0.05, 0.1) is 18.4 Å². The van der Waals surface area contributed by atoms with Crippen molar-refractivity contribution in [1.29, 1.82) is 0 Å². The summed E-state index contributed by atoms with van der Waals surface area (Å²) in [6.07, 6.45) is 3.93. The van der Waals surface area contributed by atoms with Crippen LogP contribution in [-0.2, 0) is 22.7 Å². The Kier molecular flexibility index (Phi) is 5.89. The van der Waals surface area contributed by atoms with Crippen LogP contribution in [0.25, 0.3) is 6.08 Å². The number of oxime groups is 1. The Morgan fingerprint density at radius 1 is 1.25 bits per heavy atom. The molecule has 0 radical (unpaired) electrons. The lowest BCUT2D eigenvalue weighted by Gasteiger charge is -2.16. The van der Waals surface area contributed by atoms with E-state index in [0.717, 1.165) is 11.1 Å². The van der Waals surface area contributed by atoms with Crippen LogP contribution in [0.5, 0.6) is 11.5 Å². The standard InChI is InChI=1S/C22H20FNO4/c1-4-7-16-10-15(11-18-14(2)24-28-22(18)25)12-20(26-3)21(16)27-13-17-8-5-6-9-19(17)23/h4-6,8-12H,1,7,13H2,2-3H3/b18-11-. The first-order valence-corrected chi connectivity index (χ1v) is 8.69. The second kappa shape index (κ2) is 8.52.